The van der Waals surface area contributed by atoms with E-state index in [1.165, 1.54) is 24.8 Å². The Hall–Kier alpha value is -1.14. The van der Waals surface area contributed by atoms with Crippen LogP contribution in [-0.2, 0) is 4.74 Å². The first kappa shape index (κ1) is 16.2. The zero-order valence-corrected chi connectivity index (χ0v) is 11.6. The second kappa shape index (κ2) is 6.75. The largest absolute Gasteiger partial charge is 0.373 e. The van der Waals surface area contributed by atoms with Crippen molar-refractivity contribution in [3.05, 3.63) is 35.4 Å². The molecular formula is C15H19F4NO. The summed E-state index contributed by atoms with van der Waals surface area (Å²) in [5.41, 5.74) is 7.82. The molecule has 0 spiro atoms. The van der Waals surface area contributed by atoms with Gasteiger partial charge in [-0.3, -0.25) is 0 Å². The van der Waals surface area contributed by atoms with Gasteiger partial charge in [-0.05, 0) is 29.9 Å². The van der Waals surface area contributed by atoms with Crippen LogP contribution < -0.4 is 5.73 Å². The Labute approximate surface area is 121 Å². The Kier molecular flexibility index (Phi) is 5.22. The summed E-state index contributed by atoms with van der Waals surface area (Å²) < 4.78 is 53.9. The molecule has 2 N–H and O–H groups in total. The van der Waals surface area contributed by atoms with Crippen LogP contribution in [0.5, 0.6) is 0 Å². The number of hydrogen-bond donors (Lipinski definition) is 1. The summed E-state index contributed by atoms with van der Waals surface area (Å²) in [5, 5.41) is 0. The first-order chi connectivity index (χ1) is 9.90. The summed E-state index contributed by atoms with van der Waals surface area (Å²) in [6, 6.07) is 7.04. The Bertz CT molecular complexity index is 445. The molecule has 6 heteroatoms. The van der Waals surface area contributed by atoms with Crippen molar-refractivity contribution in [1.82, 2.24) is 0 Å². The topological polar surface area (TPSA) is 35.2 Å². The molecule has 0 radical (unpaired) electrons. The molecule has 2 nitrogen and oxygen atoms in total. The number of halogens is 4. The minimum absolute atomic E-state index is 0.217. The summed E-state index contributed by atoms with van der Waals surface area (Å²) in [4.78, 5) is 0. The lowest BCUT2D eigenvalue weighted by Crippen LogP contribution is -2.33. The van der Waals surface area contributed by atoms with Crippen LogP contribution in [0, 0.1) is 0 Å². The van der Waals surface area contributed by atoms with Gasteiger partial charge in [0.15, 0.2) is 0 Å². The van der Waals surface area contributed by atoms with Gasteiger partial charge in [0, 0.05) is 0 Å². The molecule has 21 heavy (non-hydrogen) atoms. The number of nitrogens with two attached hydrogens (primary N) is 1. The fourth-order valence-electron chi connectivity index (χ4n) is 2.24. The van der Waals surface area contributed by atoms with Crippen LogP contribution in [0.4, 0.5) is 17.6 Å². The molecule has 0 aromatic heterocycles. The lowest BCUT2D eigenvalue weighted by atomic mass is 9.80. The third-order valence-electron chi connectivity index (χ3n) is 3.85. The zero-order valence-electron chi connectivity index (χ0n) is 11.6. The van der Waals surface area contributed by atoms with E-state index in [1.54, 1.807) is 0 Å². The van der Waals surface area contributed by atoms with Crippen LogP contribution in [-0.4, -0.2) is 25.6 Å². The molecule has 1 aromatic carbocycles. The van der Waals surface area contributed by atoms with Gasteiger partial charge in [-0.1, -0.05) is 30.7 Å². The highest BCUT2D eigenvalue weighted by atomic mass is 19.3. The maximum atomic E-state index is 12.7. The van der Waals surface area contributed by atoms with E-state index in [1.807, 2.05) is 24.3 Å². The van der Waals surface area contributed by atoms with Crippen molar-refractivity contribution >= 4 is 0 Å². The molecule has 118 valence electrons. The number of rotatable bonds is 7. The molecule has 0 aliphatic heterocycles. The van der Waals surface area contributed by atoms with E-state index >= 15 is 0 Å². The fourth-order valence-corrected chi connectivity index (χ4v) is 2.24. The molecule has 1 fully saturated rings. The Balaban J connectivity index is 1.81. The van der Waals surface area contributed by atoms with E-state index in [0.717, 1.165) is 5.56 Å². The standard InChI is InChI=1S/C15H19F4NO/c16-14(17)15(18,19)9-21-8-13(20)12-6-4-11(5-7-12)10-2-1-3-10/h4-7,10,13-14H,1-3,8-9,20H2. The summed E-state index contributed by atoms with van der Waals surface area (Å²) >= 11 is 0. The van der Waals surface area contributed by atoms with Gasteiger partial charge in [0.05, 0.1) is 12.6 Å². The maximum Gasteiger partial charge on any atom is 0.330 e. The van der Waals surface area contributed by atoms with Crippen molar-refractivity contribution in [2.24, 2.45) is 5.73 Å². The average Bonchev–Trinajstić information content (AvgIpc) is 2.37. The quantitative estimate of drug-likeness (QED) is 0.776. The summed E-state index contributed by atoms with van der Waals surface area (Å²) in [6.45, 7) is -1.54. The van der Waals surface area contributed by atoms with Gasteiger partial charge in [0.25, 0.3) is 0 Å². The van der Waals surface area contributed by atoms with Crippen LogP contribution in [0.25, 0.3) is 0 Å². The van der Waals surface area contributed by atoms with Gasteiger partial charge >= 0.3 is 12.3 Å². The molecule has 1 atom stereocenters. The molecule has 0 heterocycles. The third kappa shape index (κ3) is 4.17. The molecule has 1 saturated carbocycles. The second-order valence-corrected chi connectivity index (χ2v) is 5.48. The number of hydrogen-bond acceptors (Lipinski definition) is 2. The predicted molar refractivity (Wildman–Crippen MR) is 71.7 cm³/mol. The SMILES string of the molecule is NC(COCC(F)(F)C(F)F)c1ccc(C2CCC2)cc1. The van der Waals surface area contributed by atoms with Crippen molar-refractivity contribution < 1.29 is 22.3 Å². The van der Waals surface area contributed by atoms with Gasteiger partial charge < -0.3 is 10.5 Å². The van der Waals surface area contributed by atoms with Crippen LogP contribution in [0.2, 0.25) is 0 Å². The van der Waals surface area contributed by atoms with Crippen molar-refractivity contribution in [3.63, 3.8) is 0 Å². The Morgan fingerprint density at radius 3 is 2.29 bits per heavy atom. The van der Waals surface area contributed by atoms with Crippen LogP contribution in [0.3, 0.4) is 0 Å². The first-order valence-corrected chi connectivity index (χ1v) is 6.99. The summed E-state index contributed by atoms with van der Waals surface area (Å²) in [5.74, 6) is -3.52. The molecule has 1 aromatic rings. The van der Waals surface area contributed by atoms with E-state index in [9.17, 15) is 17.6 Å². The van der Waals surface area contributed by atoms with Crippen molar-refractivity contribution in [3.8, 4) is 0 Å². The van der Waals surface area contributed by atoms with Crippen LogP contribution >= 0.6 is 0 Å². The number of ether oxygens (including phenoxy) is 1. The average molecular weight is 305 g/mol. The highest BCUT2D eigenvalue weighted by molar-refractivity contribution is 5.28. The van der Waals surface area contributed by atoms with Crippen molar-refractivity contribution in [1.29, 1.82) is 0 Å². The molecule has 1 aliphatic rings. The molecule has 0 bridgehead atoms. The lowest BCUT2D eigenvalue weighted by Gasteiger charge is -2.26. The smallest absolute Gasteiger partial charge is 0.330 e. The first-order valence-electron chi connectivity index (χ1n) is 6.99. The molecule has 1 unspecified atom stereocenters. The monoisotopic (exact) mass is 305 g/mol. The van der Waals surface area contributed by atoms with Crippen molar-refractivity contribution in [2.45, 2.75) is 43.6 Å². The normalized spacial score (nSPS) is 17.8. The molecule has 0 amide bonds. The molecular weight excluding hydrogens is 286 g/mol. The molecule has 0 saturated heterocycles. The van der Waals surface area contributed by atoms with Crippen LogP contribution in [0.1, 0.15) is 42.3 Å². The van der Waals surface area contributed by atoms with E-state index in [0.29, 0.717) is 5.92 Å². The number of benzene rings is 1. The van der Waals surface area contributed by atoms with Gasteiger partial charge in [-0.15, -0.1) is 0 Å². The van der Waals surface area contributed by atoms with E-state index in [2.05, 4.69) is 4.74 Å². The molecule has 1 aliphatic carbocycles. The third-order valence-corrected chi connectivity index (χ3v) is 3.85. The van der Waals surface area contributed by atoms with Gasteiger partial charge in [-0.25, -0.2) is 8.78 Å². The van der Waals surface area contributed by atoms with Gasteiger partial charge in [-0.2, -0.15) is 8.78 Å². The van der Waals surface area contributed by atoms with E-state index in [-0.39, 0.29) is 6.61 Å². The van der Waals surface area contributed by atoms with Gasteiger partial charge in [0.2, 0.25) is 0 Å². The summed E-state index contributed by atoms with van der Waals surface area (Å²) in [6.07, 6.45) is -0.0949. The van der Waals surface area contributed by atoms with E-state index in [4.69, 9.17) is 5.73 Å². The Morgan fingerprint density at radius 1 is 1.19 bits per heavy atom. The Morgan fingerprint density at radius 2 is 1.81 bits per heavy atom. The zero-order chi connectivity index (χ0) is 15.5. The second-order valence-electron chi connectivity index (χ2n) is 5.48. The highest BCUT2D eigenvalue weighted by Crippen LogP contribution is 2.36. The summed E-state index contributed by atoms with van der Waals surface area (Å²) in [7, 11) is 0. The minimum Gasteiger partial charge on any atom is -0.373 e. The lowest BCUT2D eigenvalue weighted by molar-refractivity contribution is -0.166. The van der Waals surface area contributed by atoms with Crippen molar-refractivity contribution in [2.75, 3.05) is 13.2 Å². The minimum atomic E-state index is -4.13. The number of alkyl halides is 4. The van der Waals surface area contributed by atoms with Crippen LogP contribution in [0.15, 0.2) is 24.3 Å². The predicted octanol–water partition coefficient (Wildman–Crippen LogP) is 3.87. The highest BCUT2D eigenvalue weighted by Gasteiger charge is 2.41. The maximum absolute atomic E-state index is 12.7. The molecule has 2 rings (SSSR count). The van der Waals surface area contributed by atoms with Gasteiger partial charge in [0.1, 0.15) is 6.61 Å². The fraction of sp³-hybridized carbons (Fsp3) is 0.600. The van der Waals surface area contributed by atoms with E-state index < -0.39 is 25.0 Å².